The van der Waals surface area contributed by atoms with Crippen molar-refractivity contribution in [1.29, 1.82) is 0 Å². The van der Waals surface area contributed by atoms with Crippen LogP contribution in [-0.4, -0.2) is 42.0 Å². The molecule has 0 unspecified atom stereocenters. The maximum Gasteiger partial charge on any atom is 0.231 e. The van der Waals surface area contributed by atoms with Gasteiger partial charge in [0.1, 0.15) is 12.7 Å². The number of hydrogen-bond acceptors (Lipinski definition) is 4. The van der Waals surface area contributed by atoms with Crippen LogP contribution < -0.4 is 5.32 Å². The monoisotopic (exact) mass is 209 g/mol. The van der Waals surface area contributed by atoms with Crippen molar-refractivity contribution in [1.82, 2.24) is 15.2 Å². The van der Waals surface area contributed by atoms with Gasteiger partial charge in [-0.25, -0.2) is 4.98 Å². The van der Waals surface area contributed by atoms with Gasteiger partial charge in [-0.15, -0.1) is 0 Å². The maximum atomic E-state index is 11.8. The van der Waals surface area contributed by atoms with E-state index in [1.165, 1.54) is 6.26 Å². The third-order valence-corrected chi connectivity index (χ3v) is 2.48. The van der Waals surface area contributed by atoms with Gasteiger partial charge < -0.3 is 14.6 Å². The molecule has 1 aromatic rings. The Morgan fingerprint density at radius 1 is 1.53 bits per heavy atom. The number of oxazole rings is 1. The average molecular weight is 209 g/mol. The zero-order valence-electron chi connectivity index (χ0n) is 8.61. The lowest BCUT2D eigenvalue weighted by molar-refractivity contribution is -0.130. The Balaban J connectivity index is 1.89. The van der Waals surface area contributed by atoms with Gasteiger partial charge >= 0.3 is 0 Å². The quantitative estimate of drug-likeness (QED) is 0.747. The smallest absolute Gasteiger partial charge is 0.231 e. The van der Waals surface area contributed by atoms with E-state index < -0.39 is 0 Å². The highest BCUT2D eigenvalue weighted by atomic mass is 16.3. The van der Waals surface area contributed by atoms with Crippen LogP contribution in [0, 0.1) is 0 Å². The Hall–Kier alpha value is -1.36. The van der Waals surface area contributed by atoms with E-state index in [1.54, 1.807) is 6.20 Å². The van der Waals surface area contributed by atoms with Gasteiger partial charge in [-0.1, -0.05) is 0 Å². The molecule has 5 nitrogen and oxygen atoms in total. The van der Waals surface area contributed by atoms with Gasteiger partial charge in [0.25, 0.3) is 0 Å². The Labute approximate surface area is 88.5 Å². The summed E-state index contributed by atoms with van der Waals surface area (Å²) in [6.45, 7) is 3.46. The third-order valence-electron chi connectivity index (χ3n) is 2.48. The van der Waals surface area contributed by atoms with Crippen LogP contribution >= 0.6 is 0 Å². The number of nitrogens with zero attached hydrogens (tertiary/aromatic N) is 2. The largest absolute Gasteiger partial charge is 0.448 e. The number of nitrogens with one attached hydrogen (secondary N) is 1. The predicted octanol–water partition coefficient (Wildman–Crippen LogP) is 0.0390. The summed E-state index contributed by atoms with van der Waals surface area (Å²) in [5.41, 5.74) is 0. The van der Waals surface area contributed by atoms with Crippen LogP contribution in [0.5, 0.6) is 0 Å². The van der Waals surface area contributed by atoms with Crippen LogP contribution in [0.3, 0.4) is 0 Å². The first kappa shape index (κ1) is 10.2. The molecule has 2 heterocycles. The molecule has 5 heteroatoms. The Morgan fingerprint density at radius 3 is 3.27 bits per heavy atom. The SMILES string of the molecule is O=C(Cc1ncco1)N1CCCNCC1. The molecule has 1 aliphatic heterocycles. The van der Waals surface area contributed by atoms with E-state index in [-0.39, 0.29) is 12.3 Å². The summed E-state index contributed by atoms with van der Waals surface area (Å²) in [6.07, 6.45) is 4.34. The van der Waals surface area contributed by atoms with Crippen LogP contribution in [0.25, 0.3) is 0 Å². The minimum absolute atomic E-state index is 0.0983. The van der Waals surface area contributed by atoms with Crippen molar-refractivity contribution < 1.29 is 9.21 Å². The maximum absolute atomic E-state index is 11.8. The molecule has 15 heavy (non-hydrogen) atoms. The number of amides is 1. The number of carbonyl (C=O) groups excluding carboxylic acids is 1. The first-order valence-corrected chi connectivity index (χ1v) is 5.23. The van der Waals surface area contributed by atoms with Gasteiger partial charge in [0.15, 0.2) is 0 Å². The van der Waals surface area contributed by atoms with E-state index in [9.17, 15) is 4.79 Å². The zero-order valence-corrected chi connectivity index (χ0v) is 8.61. The molecule has 0 saturated carbocycles. The van der Waals surface area contributed by atoms with E-state index in [1.807, 2.05) is 4.90 Å². The fraction of sp³-hybridized carbons (Fsp3) is 0.600. The Morgan fingerprint density at radius 2 is 2.47 bits per heavy atom. The molecule has 0 spiro atoms. The average Bonchev–Trinajstić information content (AvgIpc) is 2.58. The highest BCUT2D eigenvalue weighted by Gasteiger charge is 2.16. The van der Waals surface area contributed by atoms with Gasteiger partial charge in [0.05, 0.1) is 6.20 Å². The lowest BCUT2D eigenvalue weighted by atomic mass is 10.3. The van der Waals surface area contributed by atoms with Crippen molar-refractivity contribution in [3.05, 3.63) is 18.4 Å². The van der Waals surface area contributed by atoms with E-state index in [0.29, 0.717) is 5.89 Å². The van der Waals surface area contributed by atoms with Crippen molar-refractivity contribution in [3.63, 3.8) is 0 Å². The second-order valence-corrected chi connectivity index (χ2v) is 3.59. The van der Waals surface area contributed by atoms with Gasteiger partial charge in [0, 0.05) is 19.6 Å². The second-order valence-electron chi connectivity index (χ2n) is 3.59. The van der Waals surface area contributed by atoms with E-state index in [2.05, 4.69) is 10.3 Å². The molecule has 1 fully saturated rings. The molecule has 0 atom stereocenters. The van der Waals surface area contributed by atoms with Gasteiger partial charge in [-0.05, 0) is 13.0 Å². The summed E-state index contributed by atoms with van der Waals surface area (Å²) >= 11 is 0. The van der Waals surface area contributed by atoms with E-state index in [4.69, 9.17) is 4.42 Å². The molecular weight excluding hydrogens is 194 g/mol. The molecule has 1 aromatic heterocycles. The lowest BCUT2D eigenvalue weighted by Crippen LogP contribution is -2.35. The number of hydrogen-bond donors (Lipinski definition) is 1. The molecule has 2 rings (SSSR count). The van der Waals surface area contributed by atoms with Crippen LogP contribution in [0.4, 0.5) is 0 Å². The fourth-order valence-electron chi connectivity index (χ4n) is 1.68. The molecule has 1 amide bonds. The van der Waals surface area contributed by atoms with Crippen LogP contribution in [-0.2, 0) is 11.2 Å². The minimum atomic E-state index is 0.0983. The highest BCUT2D eigenvalue weighted by molar-refractivity contribution is 5.77. The highest BCUT2D eigenvalue weighted by Crippen LogP contribution is 2.02. The number of rotatable bonds is 2. The minimum Gasteiger partial charge on any atom is -0.448 e. The molecule has 1 N–H and O–H groups in total. The first-order valence-electron chi connectivity index (χ1n) is 5.23. The van der Waals surface area contributed by atoms with Crippen molar-refractivity contribution in [2.75, 3.05) is 26.2 Å². The molecular formula is C10H15N3O2. The second kappa shape index (κ2) is 4.93. The summed E-state index contributed by atoms with van der Waals surface area (Å²) in [7, 11) is 0. The number of carbonyl (C=O) groups is 1. The summed E-state index contributed by atoms with van der Waals surface area (Å²) in [6, 6.07) is 0. The molecule has 0 aromatic carbocycles. The van der Waals surface area contributed by atoms with E-state index >= 15 is 0 Å². The molecule has 1 aliphatic rings. The molecule has 1 saturated heterocycles. The first-order chi connectivity index (χ1) is 7.36. The van der Waals surface area contributed by atoms with Crippen LogP contribution in [0.15, 0.2) is 16.9 Å². The summed E-state index contributed by atoms with van der Waals surface area (Å²) in [5, 5.41) is 3.26. The van der Waals surface area contributed by atoms with Crippen molar-refractivity contribution in [2.24, 2.45) is 0 Å². The van der Waals surface area contributed by atoms with Gasteiger partial charge in [-0.3, -0.25) is 4.79 Å². The molecule has 0 bridgehead atoms. The Bertz CT molecular complexity index is 302. The third kappa shape index (κ3) is 2.79. The van der Waals surface area contributed by atoms with Gasteiger partial charge in [-0.2, -0.15) is 0 Å². The molecule has 0 radical (unpaired) electrons. The molecule has 0 aliphatic carbocycles. The van der Waals surface area contributed by atoms with Crippen LogP contribution in [0.1, 0.15) is 12.3 Å². The van der Waals surface area contributed by atoms with Gasteiger partial charge in [0.2, 0.25) is 11.8 Å². The zero-order chi connectivity index (χ0) is 10.5. The van der Waals surface area contributed by atoms with Crippen molar-refractivity contribution >= 4 is 5.91 Å². The normalized spacial score (nSPS) is 17.5. The fourth-order valence-corrected chi connectivity index (χ4v) is 1.68. The van der Waals surface area contributed by atoms with Crippen molar-refractivity contribution in [2.45, 2.75) is 12.8 Å². The van der Waals surface area contributed by atoms with Crippen molar-refractivity contribution in [3.8, 4) is 0 Å². The number of aromatic nitrogens is 1. The van der Waals surface area contributed by atoms with E-state index in [0.717, 1.165) is 32.6 Å². The Kier molecular flexibility index (Phi) is 3.34. The summed E-state index contributed by atoms with van der Waals surface area (Å²) in [5.74, 6) is 0.596. The standard InChI is InChI=1S/C10H15N3O2/c14-10(8-9-12-4-7-15-9)13-5-1-2-11-3-6-13/h4,7,11H,1-3,5-6,8H2. The summed E-state index contributed by atoms with van der Waals surface area (Å²) in [4.78, 5) is 17.6. The summed E-state index contributed by atoms with van der Waals surface area (Å²) < 4.78 is 5.05. The molecule has 82 valence electrons. The predicted molar refractivity (Wildman–Crippen MR) is 54.3 cm³/mol. The lowest BCUT2D eigenvalue weighted by Gasteiger charge is -2.18. The topological polar surface area (TPSA) is 58.4 Å². The van der Waals surface area contributed by atoms with Crippen LogP contribution in [0.2, 0.25) is 0 Å².